The molecule has 0 atom stereocenters. The summed E-state index contributed by atoms with van der Waals surface area (Å²) in [4.78, 5) is 14.9. The highest BCUT2D eigenvalue weighted by Gasteiger charge is 2.30. The number of amides is 1. The first-order chi connectivity index (χ1) is 13.2. The second kappa shape index (κ2) is 7.82. The first kappa shape index (κ1) is 18.2. The summed E-state index contributed by atoms with van der Waals surface area (Å²) in [5, 5.41) is 13.4. The van der Waals surface area contributed by atoms with Gasteiger partial charge in [0.1, 0.15) is 11.6 Å². The number of likely N-dealkylation sites (tertiary alicyclic amines) is 1. The van der Waals surface area contributed by atoms with Crippen molar-refractivity contribution in [2.24, 2.45) is 0 Å². The molecule has 1 fully saturated rings. The van der Waals surface area contributed by atoms with E-state index in [1.165, 1.54) is 19.3 Å². The summed E-state index contributed by atoms with van der Waals surface area (Å²) < 4.78 is 4.24. The molecule has 1 amide bonds. The van der Waals surface area contributed by atoms with Crippen molar-refractivity contribution < 1.29 is 4.79 Å². The molecule has 2 aliphatic heterocycles. The predicted octanol–water partition coefficient (Wildman–Crippen LogP) is 2.94. The van der Waals surface area contributed by atoms with Gasteiger partial charge in [0.15, 0.2) is 0 Å². The third-order valence-electron chi connectivity index (χ3n) is 5.91. The van der Waals surface area contributed by atoms with Crippen LogP contribution in [0, 0.1) is 6.92 Å². The number of carbonyl (C=O) groups excluding carboxylic acids is 1. The molecular weight excluding hydrogens is 340 g/mol. The number of hydrogen-bond acceptors (Lipinski definition) is 4. The van der Waals surface area contributed by atoms with Gasteiger partial charge in [0, 0.05) is 44.7 Å². The fraction of sp³-hybridized carbons (Fsp3) is 0.700. The Morgan fingerprint density at radius 1 is 1.15 bits per heavy atom. The summed E-state index contributed by atoms with van der Waals surface area (Å²) >= 11 is 0. The average molecular weight is 371 g/mol. The lowest BCUT2D eigenvalue weighted by molar-refractivity contribution is 0.0709. The second-order valence-electron chi connectivity index (χ2n) is 7.89. The molecule has 146 valence electrons. The predicted molar refractivity (Wildman–Crippen MR) is 103 cm³/mol. The van der Waals surface area contributed by atoms with Crippen LogP contribution in [0.3, 0.4) is 0 Å². The van der Waals surface area contributed by atoms with Crippen LogP contribution in [0.5, 0.6) is 0 Å². The number of fused-ring (bicyclic) bond motifs is 1. The fourth-order valence-corrected chi connectivity index (χ4v) is 4.39. The van der Waals surface area contributed by atoms with Crippen molar-refractivity contribution >= 4 is 5.91 Å². The van der Waals surface area contributed by atoms with E-state index in [0.717, 1.165) is 74.8 Å². The highest BCUT2D eigenvalue weighted by Crippen LogP contribution is 2.29. The van der Waals surface area contributed by atoms with Gasteiger partial charge < -0.3 is 9.47 Å². The Morgan fingerprint density at radius 2 is 1.96 bits per heavy atom. The van der Waals surface area contributed by atoms with Crippen molar-refractivity contribution in [3.63, 3.8) is 0 Å². The maximum Gasteiger partial charge on any atom is 0.257 e. The van der Waals surface area contributed by atoms with Gasteiger partial charge in [-0.25, -0.2) is 0 Å². The maximum absolute atomic E-state index is 12.9. The topological polar surface area (TPSA) is 68.8 Å². The first-order valence-electron chi connectivity index (χ1n) is 10.4. The number of aryl methyl sites for hydroxylation is 3. The molecule has 0 spiro atoms. The van der Waals surface area contributed by atoms with E-state index in [9.17, 15) is 4.79 Å². The van der Waals surface area contributed by atoms with E-state index >= 15 is 0 Å². The summed E-state index contributed by atoms with van der Waals surface area (Å²) in [5.74, 6) is 2.83. The van der Waals surface area contributed by atoms with Crippen molar-refractivity contribution in [1.29, 1.82) is 0 Å². The smallest absolute Gasteiger partial charge is 0.257 e. The molecule has 2 aromatic rings. The Hall–Kier alpha value is -2.18. The molecule has 0 bridgehead atoms. The van der Waals surface area contributed by atoms with Crippen molar-refractivity contribution in [2.45, 2.75) is 77.8 Å². The van der Waals surface area contributed by atoms with Crippen molar-refractivity contribution in [3.8, 4) is 0 Å². The molecule has 0 unspecified atom stereocenters. The summed E-state index contributed by atoms with van der Waals surface area (Å²) in [6.45, 7) is 7.51. The maximum atomic E-state index is 12.9. The van der Waals surface area contributed by atoms with E-state index in [0.29, 0.717) is 5.92 Å². The largest absolute Gasteiger partial charge is 0.338 e. The zero-order chi connectivity index (χ0) is 18.8. The second-order valence-corrected chi connectivity index (χ2v) is 7.89. The molecule has 4 rings (SSSR count). The summed E-state index contributed by atoms with van der Waals surface area (Å²) in [6.07, 6.45) is 9.62. The van der Waals surface area contributed by atoms with Gasteiger partial charge in [0.25, 0.3) is 5.91 Å². The molecule has 1 saturated heterocycles. The average Bonchev–Trinajstić information content (AvgIpc) is 3.17. The van der Waals surface area contributed by atoms with Gasteiger partial charge in [0.05, 0.1) is 11.3 Å². The minimum Gasteiger partial charge on any atom is -0.338 e. The lowest BCUT2D eigenvalue weighted by Crippen LogP contribution is -2.38. The molecule has 7 nitrogen and oxygen atoms in total. The molecular formula is C20H30N6O. The number of nitrogens with zero attached hydrogens (tertiary/aromatic N) is 6. The van der Waals surface area contributed by atoms with Gasteiger partial charge in [-0.15, -0.1) is 10.2 Å². The highest BCUT2D eigenvalue weighted by atomic mass is 16.2. The van der Waals surface area contributed by atoms with Gasteiger partial charge >= 0.3 is 0 Å². The van der Waals surface area contributed by atoms with Gasteiger partial charge in [-0.2, -0.15) is 5.10 Å². The lowest BCUT2D eigenvalue weighted by Gasteiger charge is -2.31. The monoisotopic (exact) mass is 370 g/mol. The van der Waals surface area contributed by atoms with E-state index in [2.05, 4.69) is 26.8 Å². The van der Waals surface area contributed by atoms with Crippen LogP contribution in [0.25, 0.3) is 0 Å². The van der Waals surface area contributed by atoms with Crippen LogP contribution in [0.15, 0.2) is 6.20 Å². The molecule has 2 aliphatic rings. The third-order valence-corrected chi connectivity index (χ3v) is 5.91. The van der Waals surface area contributed by atoms with Crippen LogP contribution >= 0.6 is 0 Å². The van der Waals surface area contributed by atoms with E-state index in [-0.39, 0.29) is 5.91 Å². The Labute approximate surface area is 160 Å². The van der Waals surface area contributed by atoms with Crippen LogP contribution in [0.4, 0.5) is 0 Å². The molecule has 27 heavy (non-hydrogen) atoms. The van der Waals surface area contributed by atoms with Gasteiger partial charge in [-0.3, -0.25) is 9.48 Å². The molecule has 0 N–H and O–H groups in total. The van der Waals surface area contributed by atoms with Crippen LogP contribution in [0.1, 0.15) is 79.1 Å². The van der Waals surface area contributed by atoms with Crippen molar-refractivity contribution in [2.75, 3.05) is 13.1 Å². The SMILES string of the molecule is CCCn1cc(C(=O)N2CCC(c3nnc4n3CCCCC4)CC2)c(C)n1. The minimum atomic E-state index is 0.119. The minimum absolute atomic E-state index is 0.119. The molecule has 2 aromatic heterocycles. The number of piperidine rings is 1. The van der Waals surface area contributed by atoms with E-state index in [1.807, 2.05) is 22.7 Å². The zero-order valence-electron chi connectivity index (χ0n) is 16.5. The first-order valence-corrected chi connectivity index (χ1v) is 10.4. The summed E-state index contributed by atoms with van der Waals surface area (Å²) in [6, 6.07) is 0. The molecule has 7 heteroatoms. The number of carbonyl (C=O) groups is 1. The third kappa shape index (κ3) is 3.64. The van der Waals surface area contributed by atoms with Crippen LogP contribution in [-0.2, 0) is 19.5 Å². The van der Waals surface area contributed by atoms with Crippen molar-refractivity contribution in [3.05, 3.63) is 29.1 Å². The Balaban J connectivity index is 1.42. The van der Waals surface area contributed by atoms with E-state index in [1.54, 1.807) is 0 Å². The number of rotatable bonds is 4. The molecule has 0 radical (unpaired) electrons. The molecule has 0 aromatic carbocycles. The Morgan fingerprint density at radius 3 is 2.74 bits per heavy atom. The van der Waals surface area contributed by atoms with Gasteiger partial charge in [-0.1, -0.05) is 13.3 Å². The normalized spacial score (nSPS) is 18.4. The molecule has 4 heterocycles. The molecule has 0 aliphatic carbocycles. The Bertz CT molecular complexity index is 799. The van der Waals surface area contributed by atoms with Crippen LogP contribution in [-0.4, -0.2) is 48.4 Å². The number of aromatic nitrogens is 5. The summed E-state index contributed by atoms with van der Waals surface area (Å²) in [7, 11) is 0. The molecule has 0 saturated carbocycles. The van der Waals surface area contributed by atoms with Crippen LogP contribution in [0.2, 0.25) is 0 Å². The highest BCUT2D eigenvalue weighted by molar-refractivity contribution is 5.95. The lowest BCUT2D eigenvalue weighted by atomic mass is 9.95. The standard InChI is InChI=1S/C20H30N6O/c1-3-10-25-14-17(15(2)23-25)20(27)24-12-8-16(9-13-24)19-22-21-18-7-5-4-6-11-26(18)19/h14,16H,3-13H2,1-2H3. The zero-order valence-corrected chi connectivity index (χ0v) is 16.5. The van der Waals surface area contributed by atoms with Crippen molar-refractivity contribution in [1.82, 2.24) is 29.4 Å². The summed E-state index contributed by atoms with van der Waals surface area (Å²) in [5.41, 5.74) is 1.58. The number of hydrogen-bond donors (Lipinski definition) is 0. The fourth-order valence-electron chi connectivity index (χ4n) is 4.39. The Kier molecular flexibility index (Phi) is 5.27. The van der Waals surface area contributed by atoms with Gasteiger partial charge in [0.2, 0.25) is 0 Å². The van der Waals surface area contributed by atoms with E-state index < -0.39 is 0 Å². The quantitative estimate of drug-likeness (QED) is 0.830. The van der Waals surface area contributed by atoms with Gasteiger partial charge in [-0.05, 0) is 39.0 Å². The van der Waals surface area contributed by atoms with Crippen LogP contribution < -0.4 is 0 Å². The van der Waals surface area contributed by atoms with E-state index in [4.69, 9.17) is 0 Å².